The minimum absolute atomic E-state index is 0.429. The Kier molecular flexibility index (Phi) is 5.94. The van der Waals surface area contributed by atoms with Gasteiger partial charge in [-0.1, -0.05) is 27.2 Å². The molecule has 3 atom stereocenters. The van der Waals surface area contributed by atoms with Gasteiger partial charge in [-0.25, -0.2) is 0 Å². The number of nitrogens with one attached hydrogen (secondary N) is 1. The van der Waals surface area contributed by atoms with Crippen LogP contribution in [0.2, 0.25) is 0 Å². The molecule has 102 valence electrons. The Labute approximate surface area is 108 Å². The summed E-state index contributed by atoms with van der Waals surface area (Å²) in [6.45, 7) is 13.2. The molecule has 1 N–H and O–H groups in total. The summed E-state index contributed by atoms with van der Waals surface area (Å²) in [7, 11) is 2.07. The number of piperidine rings is 1. The molecule has 1 saturated heterocycles. The average Bonchev–Trinajstić information content (AvgIpc) is 2.32. The maximum absolute atomic E-state index is 3.36. The van der Waals surface area contributed by atoms with Crippen LogP contribution in [0.1, 0.15) is 53.4 Å². The Morgan fingerprint density at radius 3 is 2.53 bits per heavy atom. The minimum atomic E-state index is 0.429. The van der Waals surface area contributed by atoms with Crippen LogP contribution in [0.3, 0.4) is 0 Å². The quantitative estimate of drug-likeness (QED) is 0.767. The van der Waals surface area contributed by atoms with Crippen LogP contribution in [0.25, 0.3) is 0 Å². The van der Waals surface area contributed by atoms with Crippen molar-refractivity contribution in [1.82, 2.24) is 10.2 Å². The molecule has 0 bridgehead atoms. The highest BCUT2D eigenvalue weighted by molar-refractivity contribution is 4.85. The summed E-state index contributed by atoms with van der Waals surface area (Å²) in [5.74, 6) is 0.932. The molecule has 0 saturated carbocycles. The van der Waals surface area contributed by atoms with Crippen molar-refractivity contribution in [2.24, 2.45) is 11.3 Å². The van der Waals surface area contributed by atoms with E-state index in [4.69, 9.17) is 0 Å². The molecule has 1 heterocycles. The molecule has 17 heavy (non-hydrogen) atoms. The molecule has 1 fully saturated rings. The van der Waals surface area contributed by atoms with E-state index in [1.165, 1.54) is 38.8 Å². The molecular weight excluding hydrogens is 208 g/mol. The molecule has 0 spiro atoms. The highest BCUT2D eigenvalue weighted by Crippen LogP contribution is 2.29. The standard InChI is InChI=1S/C15H32N2/c1-6-14-9-8-13(3)17(10-14)12-15(4,7-2)11-16-5/h13-14,16H,6-12H2,1-5H3. The minimum Gasteiger partial charge on any atom is -0.319 e. The third kappa shape index (κ3) is 4.26. The van der Waals surface area contributed by atoms with Crippen molar-refractivity contribution in [2.45, 2.75) is 59.4 Å². The van der Waals surface area contributed by atoms with Crippen LogP contribution < -0.4 is 5.32 Å². The van der Waals surface area contributed by atoms with Gasteiger partial charge in [-0.2, -0.15) is 0 Å². The zero-order chi connectivity index (χ0) is 12.9. The molecule has 0 amide bonds. The zero-order valence-electron chi connectivity index (χ0n) is 12.6. The van der Waals surface area contributed by atoms with Gasteiger partial charge in [-0.15, -0.1) is 0 Å². The second kappa shape index (κ2) is 6.75. The van der Waals surface area contributed by atoms with Gasteiger partial charge in [-0.05, 0) is 44.6 Å². The van der Waals surface area contributed by atoms with E-state index in [9.17, 15) is 0 Å². The fraction of sp³-hybridized carbons (Fsp3) is 1.00. The van der Waals surface area contributed by atoms with E-state index in [1.54, 1.807) is 0 Å². The first-order valence-electron chi connectivity index (χ1n) is 7.43. The molecule has 1 rings (SSSR count). The van der Waals surface area contributed by atoms with Crippen LogP contribution in [-0.2, 0) is 0 Å². The lowest BCUT2D eigenvalue weighted by molar-refractivity contribution is 0.0660. The number of rotatable bonds is 6. The molecular formula is C15H32N2. The van der Waals surface area contributed by atoms with Gasteiger partial charge in [0, 0.05) is 25.7 Å². The summed E-state index contributed by atoms with van der Waals surface area (Å²) in [5.41, 5.74) is 0.429. The number of likely N-dealkylation sites (tertiary alicyclic amines) is 1. The lowest BCUT2D eigenvalue weighted by atomic mass is 9.84. The highest BCUT2D eigenvalue weighted by Gasteiger charge is 2.30. The van der Waals surface area contributed by atoms with E-state index in [2.05, 4.69) is 45.0 Å². The first-order chi connectivity index (χ1) is 8.04. The van der Waals surface area contributed by atoms with Crippen molar-refractivity contribution in [3.8, 4) is 0 Å². The smallest absolute Gasteiger partial charge is 0.00673 e. The van der Waals surface area contributed by atoms with Crippen LogP contribution in [-0.4, -0.2) is 37.6 Å². The predicted molar refractivity (Wildman–Crippen MR) is 76.4 cm³/mol. The Hall–Kier alpha value is -0.0800. The van der Waals surface area contributed by atoms with Crippen molar-refractivity contribution in [3.63, 3.8) is 0 Å². The molecule has 0 aromatic rings. The molecule has 0 aromatic carbocycles. The van der Waals surface area contributed by atoms with E-state index in [0.29, 0.717) is 5.41 Å². The Morgan fingerprint density at radius 1 is 1.29 bits per heavy atom. The van der Waals surface area contributed by atoms with Gasteiger partial charge >= 0.3 is 0 Å². The van der Waals surface area contributed by atoms with Crippen molar-refractivity contribution in [1.29, 1.82) is 0 Å². The van der Waals surface area contributed by atoms with Gasteiger partial charge in [0.2, 0.25) is 0 Å². The third-order valence-electron chi connectivity index (χ3n) is 4.73. The lowest BCUT2D eigenvalue weighted by Crippen LogP contribution is -2.48. The highest BCUT2D eigenvalue weighted by atomic mass is 15.2. The average molecular weight is 240 g/mol. The predicted octanol–water partition coefficient (Wildman–Crippen LogP) is 3.13. The van der Waals surface area contributed by atoms with Gasteiger partial charge in [0.15, 0.2) is 0 Å². The summed E-state index contributed by atoms with van der Waals surface area (Å²) in [6.07, 6.45) is 5.42. The molecule has 2 nitrogen and oxygen atoms in total. The van der Waals surface area contributed by atoms with Crippen LogP contribution >= 0.6 is 0 Å². The number of hydrogen-bond acceptors (Lipinski definition) is 2. The van der Waals surface area contributed by atoms with Crippen LogP contribution in [0.15, 0.2) is 0 Å². The van der Waals surface area contributed by atoms with Crippen molar-refractivity contribution in [3.05, 3.63) is 0 Å². The fourth-order valence-corrected chi connectivity index (χ4v) is 3.03. The molecule has 0 aliphatic carbocycles. The zero-order valence-corrected chi connectivity index (χ0v) is 12.6. The first-order valence-corrected chi connectivity index (χ1v) is 7.43. The largest absolute Gasteiger partial charge is 0.319 e. The van der Waals surface area contributed by atoms with Gasteiger partial charge < -0.3 is 5.32 Å². The van der Waals surface area contributed by atoms with E-state index in [1.807, 2.05) is 0 Å². The Morgan fingerprint density at radius 2 is 2.00 bits per heavy atom. The summed E-state index contributed by atoms with van der Waals surface area (Å²) in [4.78, 5) is 2.73. The topological polar surface area (TPSA) is 15.3 Å². The van der Waals surface area contributed by atoms with E-state index in [0.717, 1.165) is 18.5 Å². The van der Waals surface area contributed by atoms with Gasteiger partial charge in [0.1, 0.15) is 0 Å². The fourth-order valence-electron chi connectivity index (χ4n) is 3.03. The van der Waals surface area contributed by atoms with E-state index in [-0.39, 0.29) is 0 Å². The normalized spacial score (nSPS) is 30.2. The van der Waals surface area contributed by atoms with Crippen LogP contribution in [0, 0.1) is 11.3 Å². The molecule has 1 aliphatic heterocycles. The SMILES string of the molecule is CCC1CCC(C)N(CC(C)(CC)CNC)C1. The second-order valence-electron chi connectivity index (χ2n) is 6.32. The number of nitrogens with zero attached hydrogens (tertiary/aromatic N) is 1. The summed E-state index contributed by atoms with van der Waals surface area (Å²) in [6, 6.07) is 0.778. The molecule has 0 aromatic heterocycles. The van der Waals surface area contributed by atoms with E-state index < -0.39 is 0 Å². The van der Waals surface area contributed by atoms with Gasteiger partial charge in [0.25, 0.3) is 0 Å². The summed E-state index contributed by atoms with van der Waals surface area (Å²) in [5, 5.41) is 3.36. The van der Waals surface area contributed by atoms with Gasteiger partial charge in [0.05, 0.1) is 0 Å². The maximum atomic E-state index is 3.36. The van der Waals surface area contributed by atoms with Crippen molar-refractivity contribution >= 4 is 0 Å². The van der Waals surface area contributed by atoms with Crippen molar-refractivity contribution in [2.75, 3.05) is 26.7 Å². The Balaban J connectivity index is 2.57. The Bertz CT molecular complexity index is 217. The van der Waals surface area contributed by atoms with E-state index >= 15 is 0 Å². The molecule has 2 heteroatoms. The van der Waals surface area contributed by atoms with Crippen LogP contribution in [0.4, 0.5) is 0 Å². The van der Waals surface area contributed by atoms with Gasteiger partial charge in [-0.3, -0.25) is 4.90 Å². The van der Waals surface area contributed by atoms with Crippen LogP contribution in [0.5, 0.6) is 0 Å². The monoisotopic (exact) mass is 240 g/mol. The lowest BCUT2D eigenvalue weighted by Gasteiger charge is -2.43. The molecule has 3 unspecified atom stereocenters. The first kappa shape index (κ1) is 15.0. The van der Waals surface area contributed by atoms with Crippen molar-refractivity contribution < 1.29 is 0 Å². The molecule has 1 aliphatic rings. The third-order valence-corrected chi connectivity index (χ3v) is 4.73. The number of hydrogen-bond donors (Lipinski definition) is 1. The second-order valence-corrected chi connectivity index (χ2v) is 6.32. The summed E-state index contributed by atoms with van der Waals surface area (Å²) < 4.78 is 0. The summed E-state index contributed by atoms with van der Waals surface area (Å²) >= 11 is 0. The maximum Gasteiger partial charge on any atom is 0.00673 e. The molecule has 0 radical (unpaired) electrons.